The number of carbonyl (C=O) groups excluding carboxylic acids is 1. The number of carbonyl (C=O) groups is 1. The molecule has 0 aliphatic heterocycles. The molecule has 2 heterocycles. The number of amides is 1. The number of alkyl halides is 2. The minimum atomic E-state index is -2.63. The molecule has 0 aliphatic carbocycles. The highest BCUT2D eigenvalue weighted by molar-refractivity contribution is 7.99. The largest absolute Gasteiger partial charge is 0.306 e. The molecule has 0 saturated carbocycles. The number of anilines is 1. The third-order valence-corrected chi connectivity index (χ3v) is 2.85. The molecule has 0 spiro atoms. The van der Waals surface area contributed by atoms with E-state index in [0.29, 0.717) is 5.82 Å². The molecular formula is C12H9F2N3OS. The van der Waals surface area contributed by atoms with Crippen molar-refractivity contribution >= 4 is 23.5 Å². The van der Waals surface area contributed by atoms with Gasteiger partial charge < -0.3 is 5.32 Å². The number of nitrogens with one attached hydrogen (secondary N) is 1. The van der Waals surface area contributed by atoms with Crippen molar-refractivity contribution < 1.29 is 13.6 Å². The highest BCUT2D eigenvalue weighted by Crippen LogP contribution is 2.26. The number of aromatic nitrogens is 2. The number of rotatable bonds is 4. The van der Waals surface area contributed by atoms with Gasteiger partial charge in [-0.25, -0.2) is 9.97 Å². The normalized spacial score (nSPS) is 10.5. The van der Waals surface area contributed by atoms with Crippen molar-refractivity contribution in [2.45, 2.75) is 10.8 Å². The average molecular weight is 281 g/mol. The average Bonchev–Trinajstić information content (AvgIpc) is 2.39. The molecule has 0 atom stereocenters. The SMILES string of the molecule is O=C(Nc1ccccn1)c1cccnc1SC(F)F. The van der Waals surface area contributed by atoms with Crippen LogP contribution in [0.5, 0.6) is 0 Å². The minimum absolute atomic E-state index is 0.00840. The highest BCUT2D eigenvalue weighted by Gasteiger charge is 2.16. The molecule has 0 saturated heterocycles. The summed E-state index contributed by atoms with van der Waals surface area (Å²) in [6.07, 6.45) is 2.88. The van der Waals surface area contributed by atoms with Crippen LogP contribution in [-0.4, -0.2) is 21.6 Å². The Balaban J connectivity index is 2.19. The first kappa shape index (κ1) is 13.4. The van der Waals surface area contributed by atoms with Crippen LogP contribution in [0.2, 0.25) is 0 Å². The van der Waals surface area contributed by atoms with Crippen LogP contribution < -0.4 is 5.32 Å². The quantitative estimate of drug-likeness (QED) is 0.875. The fraction of sp³-hybridized carbons (Fsp3) is 0.0833. The van der Waals surface area contributed by atoms with E-state index in [1.54, 1.807) is 18.2 Å². The van der Waals surface area contributed by atoms with Crippen molar-refractivity contribution in [3.05, 3.63) is 48.3 Å². The fourth-order valence-electron chi connectivity index (χ4n) is 1.36. The van der Waals surface area contributed by atoms with Crippen molar-refractivity contribution in [1.82, 2.24) is 9.97 Å². The van der Waals surface area contributed by atoms with Gasteiger partial charge in [-0.3, -0.25) is 4.79 Å². The highest BCUT2D eigenvalue weighted by atomic mass is 32.2. The monoisotopic (exact) mass is 281 g/mol. The van der Waals surface area contributed by atoms with Crippen molar-refractivity contribution in [3.63, 3.8) is 0 Å². The Hall–Kier alpha value is -2.02. The van der Waals surface area contributed by atoms with Crippen LogP contribution in [0.4, 0.5) is 14.6 Å². The minimum Gasteiger partial charge on any atom is -0.306 e. The van der Waals surface area contributed by atoms with Gasteiger partial charge in [-0.1, -0.05) is 6.07 Å². The summed E-state index contributed by atoms with van der Waals surface area (Å²) in [6.45, 7) is 0. The summed E-state index contributed by atoms with van der Waals surface area (Å²) >= 11 is 0.238. The van der Waals surface area contributed by atoms with Gasteiger partial charge in [0.2, 0.25) is 0 Å². The van der Waals surface area contributed by atoms with E-state index in [1.807, 2.05) is 0 Å². The van der Waals surface area contributed by atoms with E-state index in [0.717, 1.165) is 0 Å². The van der Waals surface area contributed by atoms with Crippen LogP contribution in [0.25, 0.3) is 0 Å². The molecule has 98 valence electrons. The van der Waals surface area contributed by atoms with Gasteiger partial charge in [-0.15, -0.1) is 0 Å². The molecule has 2 aromatic rings. The number of hydrogen-bond acceptors (Lipinski definition) is 4. The first-order chi connectivity index (χ1) is 9.16. The zero-order chi connectivity index (χ0) is 13.7. The number of thioether (sulfide) groups is 1. The van der Waals surface area contributed by atoms with Crippen molar-refractivity contribution in [3.8, 4) is 0 Å². The molecule has 1 N–H and O–H groups in total. The van der Waals surface area contributed by atoms with Crippen molar-refractivity contribution in [1.29, 1.82) is 0 Å². The van der Waals surface area contributed by atoms with Crippen molar-refractivity contribution in [2.24, 2.45) is 0 Å². The maximum Gasteiger partial charge on any atom is 0.290 e. The second kappa shape index (κ2) is 6.24. The van der Waals surface area contributed by atoms with Crippen molar-refractivity contribution in [2.75, 3.05) is 5.32 Å². The second-order valence-corrected chi connectivity index (χ2v) is 4.38. The topological polar surface area (TPSA) is 54.9 Å². The molecule has 0 unspecified atom stereocenters. The summed E-state index contributed by atoms with van der Waals surface area (Å²) in [7, 11) is 0. The van der Waals surface area contributed by atoms with Crippen LogP contribution >= 0.6 is 11.8 Å². The lowest BCUT2D eigenvalue weighted by atomic mass is 10.2. The van der Waals surface area contributed by atoms with Gasteiger partial charge >= 0.3 is 0 Å². The molecule has 1 amide bonds. The molecule has 7 heteroatoms. The van der Waals surface area contributed by atoms with Crippen LogP contribution in [0.3, 0.4) is 0 Å². The molecule has 0 bridgehead atoms. The molecule has 0 aromatic carbocycles. The Bertz CT molecular complexity index is 566. The zero-order valence-corrected chi connectivity index (χ0v) is 10.4. The predicted octanol–water partition coefficient (Wildman–Crippen LogP) is 3.04. The van der Waals surface area contributed by atoms with Gasteiger partial charge in [0, 0.05) is 12.4 Å². The van der Waals surface area contributed by atoms with Crippen LogP contribution in [0.1, 0.15) is 10.4 Å². The van der Waals surface area contributed by atoms with E-state index in [9.17, 15) is 13.6 Å². The van der Waals surface area contributed by atoms with Crippen LogP contribution in [0.15, 0.2) is 47.8 Å². The summed E-state index contributed by atoms with van der Waals surface area (Å²) in [5, 5.41) is 2.52. The first-order valence-corrected chi connectivity index (χ1v) is 6.17. The maximum atomic E-state index is 12.4. The first-order valence-electron chi connectivity index (χ1n) is 5.29. The Morgan fingerprint density at radius 3 is 2.63 bits per heavy atom. The summed E-state index contributed by atoms with van der Waals surface area (Å²) in [5.74, 6) is -2.80. The van der Waals surface area contributed by atoms with Gasteiger partial charge in [0.15, 0.2) is 0 Å². The lowest BCUT2D eigenvalue weighted by molar-refractivity contribution is 0.102. The molecule has 0 aliphatic rings. The van der Waals surface area contributed by atoms with E-state index in [-0.39, 0.29) is 22.4 Å². The number of pyridine rings is 2. The van der Waals surface area contributed by atoms with Crippen LogP contribution in [0, 0.1) is 0 Å². The Morgan fingerprint density at radius 2 is 1.95 bits per heavy atom. The van der Waals surface area contributed by atoms with Gasteiger partial charge in [0.25, 0.3) is 11.7 Å². The van der Waals surface area contributed by atoms with Gasteiger partial charge in [-0.05, 0) is 36.0 Å². The molecule has 2 rings (SSSR count). The zero-order valence-electron chi connectivity index (χ0n) is 9.59. The Kier molecular flexibility index (Phi) is 4.40. The third kappa shape index (κ3) is 3.72. The van der Waals surface area contributed by atoms with E-state index in [1.165, 1.54) is 24.5 Å². The van der Waals surface area contributed by atoms with Gasteiger partial charge in [0.1, 0.15) is 10.8 Å². The lowest BCUT2D eigenvalue weighted by Crippen LogP contribution is -2.14. The number of halogens is 2. The van der Waals surface area contributed by atoms with E-state index in [4.69, 9.17) is 0 Å². The Labute approximate surface area is 112 Å². The smallest absolute Gasteiger partial charge is 0.290 e. The van der Waals surface area contributed by atoms with E-state index in [2.05, 4.69) is 15.3 Å². The molecular weight excluding hydrogens is 272 g/mol. The maximum absolute atomic E-state index is 12.4. The Morgan fingerprint density at radius 1 is 1.16 bits per heavy atom. The summed E-state index contributed by atoms with van der Waals surface area (Å²) in [5.41, 5.74) is 0.0958. The molecule has 0 radical (unpaired) electrons. The summed E-state index contributed by atoms with van der Waals surface area (Å²) in [4.78, 5) is 19.7. The summed E-state index contributed by atoms with van der Waals surface area (Å²) < 4.78 is 24.7. The van der Waals surface area contributed by atoms with Gasteiger partial charge in [-0.2, -0.15) is 8.78 Å². The van der Waals surface area contributed by atoms with Crippen LogP contribution in [-0.2, 0) is 0 Å². The molecule has 0 fully saturated rings. The molecule has 4 nitrogen and oxygen atoms in total. The number of hydrogen-bond donors (Lipinski definition) is 1. The lowest BCUT2D eigenvalue weighted by Gasteiger charge is -2.07. The van der Waals surface area contributed by atoms with E-state index >= 15 is 0 Å². The van der Waals surface area contributed by atoms with Gasteiger partial charge in [0.05, 0.1) is 5.56 Å². The fourth-order valence-corrected chi connectivity index (χ4v) is 1.94. The third-order valence-electron chi connectivity index (χ3n) is 2.12. The standard InChI is InChI=1S/C12H9F2N3OS/c13-12(14)19-11-8(4-3-7-16-11)10(18)17-9-5-1-2-6-15-9/h1-7,12H,(H,15,17,18). The molecule has 2 aromatic heterocycles. The predicted molar refractivity (Wildman–Crippen MR) is 68.3 cm³/mol. The number of nitrogens with zero attached hydrogens (tertiary/aromatic N) is 2. The van der Waals surface area contributed by atoms with E-state index < -0.39 is 11.7 Å². The second-order valence-electron chi connectivity index (χ2n) is 3.40. The molecule has 19 heavy (non-hydrogen) atoms. The summed E-state index contributed by atoms with van der Waals surface area (Å²) in [6, 6.07) is 7.98.